The molecule has 0 heterocycles. The molecule has 2 aromatic carbocycles. The first-order chi connectivity index (χ1) is 20.3. The average molecular weight is 596 g/mol. The second kappa shape index (κ2) is 17.5. The number of aryl methyl sites for hydroxylation is 2. The quantitative estimate of drug-likeness (QED) is 0.183. The number of phenols is 1. The number of carbonyl (C=O) groups is 3. The van der Waals surface area contributed by atoms with E-state index in [4.69, 9.17) is 4.74 Å². The Balaban J connectivity index is 2.57. The fourth-order valence-electron chi connectivity index (χ4n) is 5.12. The summed E-state index contributed by atoms with van der Waals surface area (Å²) in [4.78, 5) is 43.1. The standard InChI is InChI=1S/C35H53N3O5/c1-8-10-12-14-20-38(31(32(40)36-19-13-11-9-2)28-22-25(3)21-26(4)23-28)33(41)30(37-34(42)43-35(5,6)7)24-27-15-17-29(39)18-16-27/h15-18,21-23,30-31,39H,8-14,19-20,24H2,1-7H3,(H,36,40)(H,37,42). The highest BCUT2D eigenvalue weighted by Crippen LogP contribution is 2.26. The van der Waals surface area contributed by atoms with Crippen molar-refractivity contribution in [3.05, 3.63) is 64.7 Å². The summed E-state index contributed by atoms with van der Waals surface area (Å²) in [5.41, 5.74) is 2.75. The largest absolute Gasteiger partial charge is 0.508 e. The third-order valence-corrected chi connectivity index (χ3v) is 7.10. The lowest BCUT2D eigenvalue weighted by Gasteiger charge is -2.35. The topological polar surface area (TPSA) is 108 Å². The predicted octanol–water partition coefficient (Wildman–Crippen LogP) is 6.90. The first-order valence-corrected chi connectivity index (χ1v) is 15.8. The van der Waals surface area contributed by atoms with Crippen molar-refractivity contribution in [2.45, 2.75) is 118 Å². The molecule has 0 radical (unpaired) electrons. The van der Waals surface area contributed by atoms with E-state index >= 15 is 0 Å². The minimum absolute atomic E-state index is 0.110. The Labute approximate surface area is 258 Å². The van der Waals surface area contributed by atoms with E-state index in [-0.39, 0.29) is 24.0 Å². The summed E-state index contributed by atoms with van der Waals surface area (Å²) in [6, 6.07) is 10.7. The monoisotopic (exact) mass is 595 g/mol. The van der Waals surface area contributed by atoms with Gasteiger partial charge in [-0.2, -0.15) is 0 Å². The number of hydrogen-bond donors (Lipinski definition) is 3. The molecule has 3 N–H and O–H groups in total. The van der Waals surface area contributed by atoms with Gasteiger partial charge in [0.25, 0.3) is 0 Å². The van der Waals surface area contributed by atoms with Crippen molar-refractivity contribution in [2.75, 3.05) is 13.1 Å². The number of amides is 3. The number of nitrogens with zero attached hydrogens (tertiary/aromatic N) is 1. The van der Waals surface area contributed by atoms with E-state index in [0.29, 0.717) is 13.1 Å². The molecule has 43 heavy (non-hydrogen) atoms. The van der Waals surface area contributed by atoms with Gasteiger partial charge in [0.2, 0.25) is 11.8 Å². The highest BCUT2D eigenvalue weighted by Gasteiger charge is 2.36. The van der Waals surface area contributed by atoms with E-state index in [2.05, 4.69) is 24.5 Å². The van der Waals surface area contributed by atoms with Crippen LogP contribution >= 0.6 is 0 Å². The minimum atomic E-state index is -0.994. The number of benzene rings is 2. The van der Waals surface area contributed by atoms with E-state index in [0.717, 1.165) is 67.2 Å². The van der Waals surface area contributed by atoms with E-state index in [1.165, 1.54) is 0 Å². The number of hydrogen-bond acceptors (Lipinski definition) is 5. The van der Waals surface area contributed by atoms with Gasteiger partial charge < -0.3 is 25.4 Å². The fraction of sp³-hybridized carbons (Fsp3) is 0.571. The van der Waals surface area contributed by atoms with Crippen LogP contribution in [-0.2, 0) is 20.7 Å². The molecule has 0 spiro atoms. The number of aromatic hydroxyl groups is 1. The molecule has 8 heteroatoms. The first kappa shape index (κ1) is 35.6. The molecule has 3 amide bonds. The molecule has 2 aromatic rings. The van der Waals surface area contributed by atoms with Crippen LogP contribution in [0.3, 0.4) is 0 Å². The van der Waals surface area contributed by atoms with Crippen LogP contribution in [0.25, 0.3) is 0 Å². The molecule has 0 aliphatic rings. The normalized spacial score (nSPS) is 12.7. The lowest BCUT2D eigenvalue weighted by molar-refractivity contribution is -0.142. The summed E-state index contributed by atoms with van der Waals surface area (Å²) >= 11 is 0. The Morgan fingerprint density at radius 3 is 2.07 bits per heavy atom. The highest BCUT2D eigenvalue weighted by atomic mass is 16.6. The molecule has 0 aromatic heterocycles. The molecule has 8 nitrogen and oxygen atoms in total. The number of rotatable bonds is 16. The van der Waals surface area contributed by atoms with Gasteiger partial charge >= 0.3 is 6.09 Å². The predicted molar refractivity (Wildman–Crippen MR) is 172 cm³/mol. The summed E-state index contributed by atoms with van der Waals surface area (Å²) in [7, 11) is 0. The molecule has 2 atom stereocenters. The molecule has 2 unspecified atom stereocenters. The molecule has 0 fully saturated rings. The lowest BCUT2D eigenvalue weighted by Crippen LogP contribution is -2.54. The number of unbranched alkanes of at least 4 members (excludes halogenated alkanes) is 5. The maximum Gasteiger partial charge on any atom is 0.408 e. The van der Waals surface area contributed by atoms with Crippen molar-refractivity contribution < 1.29 is 24.2 Å². The van der Waals surface area contributed by atoms with E-state index in [1.54, 1.807) is 49.9 Å². The van der Waals surface area contributed by atoms with Crippen LogP contribution in [0, 0.1) is 13.8 Å². The highest BCUT2D eigenvalue weighted by molar-refractivity contribution is 5.92. The van der Waals surface area contributed by atoms with Gasteiger partial charge in [-0.3, -0.25) is 9.59 Å². The van der Waals surface area contributed by atoms with Gasteiger partial charge in [0.1, 0.15) is 23.4 Å². The van der Waals surface area contributed by atoms with Crippen LogP contribution < -0.4 is 10.6 Å². The smallest absolute Gasteiger partial charge is 0.408 e. The Hall–Kier alpha value is -3.55. The second-order valence-corrected chi connectivity index (χ2v) is 12.5. The number of nitrogens with one attached hydrogen (secondary N) is 2. The van der Waals surface area contributed by atoms with Crippen molar-refractivity contribution in [1.29, 1.82) is 0 Å². The molecule has 0 saturated carbocycles. The van der Waals surface area contributed by atoms with Crippen LogP contribution in [0.15, 0.2) is 42.5 Å². The van der Waals surface area contributed by atoms with Gasteiger partial charge in [-0.1, -0.05) is 87.4 Å². The van der Waals surface area contributed by atoms with E-state index in [9.17, 15) is 19.5 Å². The molecular weight excluding hydrogens is 542 g/mol. The van der Waals surface area contributed by atoms with Gasteiger partial charge in [0, 0.05) is 19.5 Å². The summed E-state index contributed by atoms with van der Waals surface area (Å²) in [6.45, 7) is 14.4. The van der Waals surface area contributed by atoms with E-state index in [1.807, 2.05) is 32.0 Å². The Morgan fingerprint density at radius 1 is 0.884 bits per heavy atom. The maximum atomic E-state index is 14.6. The van der Waals surface area contributed by atoms with Crippen LogP contribution in [0.4, 0.5) is 4.79 Å². The van der Waals surface area contributed by atoms with Gasteiger partial charge in [-0.25, -0.2) is 4.79 Å². The zero-order valence-corrected chi connectivity index (χ0v) is 27.3. The summed E-state index contributed by atoms with van der Waals surface area (Å²) in [5, 5.41) is 15.7. The third kappa shape index (κ3) is 12.7. The molecule has 0 saturated heterocycles. The first-order valence-electron chi connectivity index (χ1n) is 15.8. The maximum absolute atomic E-state index is 14.6. The van der Waals surface area contributed by atoms with Gasteiger partial charge in [-0.15, -0.1) is 0 Å². The third-order valence-electron chi connectivity index (χ3n) is 7.10. The van der Waals surface area contributed by atoms with Crippen LogP contribution in [0.5, 0.6) is 5.75 Å². The molecule has 0 bridgehead atoms. The van der Waals surface area contributed by atoms with Crippen molar-refractivity contribution in [3.8, 4) is 5.75 Å². The van der Waals surface area contributed by atoms with Gasteiger partial charge in [0.05, 0.1) is 0 Å². The second-order valence-electron chi connectivity index (χ2n) is 12.5. The Bertz CT molecular complexity index is 1150. The fourth-order valence-corrected chi connectivity index (χ4v) is 5.12. The number of ether oxygens (including phenoxy) is 1. The number of phenolic OH excluding ortho intramolecular Hbond substituents is 1. The summed E-state index contributed by atoms with van der Waals surface area (Å²) in [6.07, 6.45) is 6.06. The van der Waals surface area contributed by atoms with Crippen molar-refractivity contribution in [1.82, 2.24) is 15.5 Å². The summed E-state index contributed by atoms with van der Waals surface area (Å²) < 4.78 is 5.53. The number of carbonyl (C=O) groups excluding carboxylic acids is 3. The molecule has 0 aliphatic carbocycles. The lowest BCUT2D eigenvalue weighted by atomic mass is 9.97. The SMILES string of the molecule is CCCCCCN(C(=O)C(Cc1ccc(O)cc1)NC(=O)OC(C)(C)C)C(C(=O)NCCCCC)c1cc(C)cc(C)c1. The van der Waals surface area contributed by atoms with Crippen molar-refractivity contribution in [2.24, 2.45) is 0 Å². The van der Waals surface area contributed by atoms with E-state index < -0.39 is 23.8 Å². The summed E-state index contributed by atoms with van der Waals surface area (Å²) in [5.74, 6) is -0.479. The molecule has 0 aliphatic heterocycles. The van der Waals surface area contributed by atoms with Gasteiger partial charge in [0.15, 0.2) is 0 Å². The minimum Gasteiger partial charge on any atom is -0.508 e. The zero-order valence-electron chi connectivity index (χ0n) is 27.3. The zero-order chi connectivity index (χ0) is 32.0. The van der Waals surface area contributed by atoms with Crippen molar-refractivity contribution in [3.63, 3.8) is 0 Å². The van der Waals surface area contributed by atoms with Crippen LogP contribution in [-0.4, -0.2) is 52.6 Å². The Morgan fingerprint density at radius 2 is 1.49 bits per heavy atom. The molecular formula is C35H53N3O5. The average Bonchev–Trinajstić information content (AvgIpc) is 2.91. The van der Waals surface area contributed by atoms with Gasteiger partial charge in [-0.05, 0) is 70.7 Å². The number of alkyl carbamates (subject to hydrolysis) is 1. The van der Waals surface area contributed by atoms with Crippen LogP contribution in [0.2, 0.25) is 0 Å². The van der Waals surface area contributed by atoms with Crippen LogP contribution in [0.1, 0.15) is 108 Å². The molecule has 238 valence electrons. The Kier molecular flexibility index (Phi) is 14.5. The molecule has 2 rings (SSSR count). The van der Waals surface area contributed by atoms with Crippen molar-refractivity contribution >= 4 is 17.9 Å².